The van der Waals surface area contributed by atoms with Crippen LogP contribution in [-0.2, 0) is 0 Å². The van der Waals surface area contributed by atoms with Gasteiger partial charge in [0.1, 0.15) is 0 Å². The van der Waals surface area contributed by atoms with Crippen molar-refractivity contribution in [1.82, 2.24) is 0 Å². The number of benzene rings is 3. The molecule has 0 N–H and O–H groups in total. The second-order valence-corrected chi connectivity index (χ2v) is 8.29. The van der Waals surface area contributed by atoms with Gasteiger partial charge in [-0.3, -0.25) is 0 Å². The van der Waals surface area contributed by atoms with Crippen LogP contribution in [0.2, 0.25) is 0 Å². The van der Waals surface area contributed by atoms with Gasteiger partial charge in [0, 0.05) is 11.1 Å². The molecule has 0 aliphatic heterocycles. The number of halogens is 4. The lowest BCUT2D eigenvalue weighted by Gasteiger charge is -2.15. The SMILES string of the molecule is C=CC1CC=C(C#Cc2ccc(-c3ccc(-c4ccc(OCC)c(F)c4F)cc3)c(F)c2F)CC1. The minimum Gasteiger partial charge on any atom is -0.491 e. The predicted octanol–water partition coefficient (Wildman–Crippen LogP) is 8.24. The van der Waals surface area contributed by atoms with E-state index in [1.807, 2.05) is 12.2 Å². The molecule has 1 aliphatic rings. The Morgan fingerprint density at radius 3 is 2.06 bits per heavy atom. The fourth-order valence-electron chi connectivity index (χ4n) is 4.05. The first-order valence-electron chi connectivity index (χ1n) is 11.5. The Morgan fingerprint density at radius 1 is 0.857 bits per heavy atom. The molecule has 0 radical (unpaired) electrons. The van der Waals surface area contributed by atoms with E-state index in [1.165, 1.54) is 48.5 Å². The lowest BCUT2D eigenvalue weighted by Crippen LogP contribution is -2.01. The average molecular weight is 477 g/mol. The fraction of sp³-hybridized carbons (Fsp3) is 0.200. The van der Waals surface area contributed by atoms with Gasteiger partial charge >= 0.3 is 0 Å². The van der Waals surface area contributed by atoms with Gasteiger partial charge in [-0.15, -0.1) is 6.58 Å². The molecule has 0 saturated carbocycles. The predicted molar refractivity (Wildman–Crippen MR) is 131 cm³/mol. The summed E-state index contributed by atoms with van der Waals surface area (Å²) in [6.45, 7) is 5.69. The van der Waals surface area contributed by atoms with Crippen LogP contribution in [0.3, 0.4) is 0 Å². The van der Waals surface area contributed by atoms with Crippen molar-refractivity contribution in [1.29, 1.82) is 0 Å². The van der Waals surface area contributed by atoms with Crippen LogP contribution in [0.5, 0.6) is 5.75 Å². The molecule has 1 aliphatic carbocycles. The van der Waals surface area contributed by atoms with Crippen molar-refractivity contribution in [3.05, 3.63) is 102 Å². The van der Waals surface area contributed by atoms with Crippen LogP contribution >= 0.6 is 0 Å². The van der Waals surface area contributed by atoms with E-state index in [1.54, 1.807) is 6.92 Å². The van der Waals surface area contributed by atoms with Crippen molar-refractivity contribution in [2.45, 2.75) is 26.2 Å². The summed E-state index contributed by atoms with van der Waals surface area (Å²) in [5.41, 5.74) is 1.81. The minimum absolute atomic E-state index is 0.0125. The molecule has 35 heavy (non-hydrogen) atoms. The third-order valence-corrected chi connectivity index (χ3v) is 6.08. The summed E-state index contributed by atoms with van der Waals surface area (Å²) in [5.74, 6) is 1.85. The first-order chi connectivity index (χ1) is 16.9. The van der Waals surface area contributed by atoms with E-state index < -0.39 is 23.3 Å². The summed E-state index contributed by atoms with van der Waals surface area (Å²) in [6, 6.07) is 11.8. The first kappa shape index (κ1) is 24.3. The van der Waals surface area contributed by atoms with E-state index >= 15 is 0 Å². The first-order valence-corrected chi connectivity index (χ1v) is 11.5. The lowest BCUT2D eigenvalue weighted by molar-refractivity contribution is 0.314. The van der Waals surface area contributed by atoms with Gasteiger partial charge in [0.25, 0.3) is 0 Å². The molecule has 0 fully saturated rings. The maximum atomic E-state index is 14.9. The monoisotopic (exact) mass is 476 g/mol. The van der Waals surface area contributed by atoms with E-state index in [9.17, 15) is 17.6 Å². The molecule has 0 bridgehead atoms. The Kier molecular flexibility index (Phi) is 7.41. The van der Waals surface area contributed by atoms with Gasteiger partial charge in [-0.1, -0.05) is 48.3 Å². The van der Waals surface area contributed by atoms with E-state index in [2.05, 4.69) is 18.4 Å². The van der Waals surface area contributed by atoms with Crippen molar-refractivity contribution in [3.8, 4) is 39.8 Å². The van der Waals surface area contributed by atoms with Crippen LogP contribution in [0.4, 0.5) is 17.6 Å². The van der Waals surface area contributed by atoms with E-state index in [4.69, 9.17) is 4.74 Å². The maximum absolute atomic E-state index is 14.9. The highest BCUT2D eigenvalue weighted by molar-refractivity contribution is 5.72. The number of hydrogen-bond acceptors (Lipinski definition) is 1. The Morgan fingerprint density at radius 2 is 1.49 bits per heavy atom. The molecular formula is C30H24F4O. The van der Waals surface area contributed by atoms with Crippen LogP contribution in [0, 0.1) is 41.0 Å². The lowest BCUT2D eigenvalue weighted by atomic mass is 9.90. The zero-order chi connectivity index (χ0) is 24.9. The Balaban J connectivity index is 1.58. The van der Waals surface area contributed by atoms with Gasteiger partial charge in [0.05, 0.1) is 12.2 Å². The number of ether oxygens (including phenoxy) is 1. The quantitative estimate of drug-likeness (QED) is 0.205. The van der Waals surface area contributed by atoms with Crippen LogP contribution < -0.4 is 4.74 Å². The molecule has 0 amide bonds. The third kappa shape index (κ3) is 5.17. The molecule has 0 aromatic heterocycles. The molecule has 5 heteroatoms. The highest BCUT2D eigenvalue weighted by Gasteiger charge is 2.17. The standard InChI is InChI=1S/C30H24F4O/c1-3-19-5-7-20(8-6-19)9-10-23-15-16-24(28(32)27(23)31)21-11-13-22(14-12-21)25-17-18-26(35-4-2)30(34)29(25)33/h3,7,11-19H,1,4-6,8H2,2H3. The molecule has 1 unspecified atom stereocenters. The van der Waals surface area contributed by atoms with Gasteiger partial charge in [0.15, 0.2) is 23.2 Å². The normalized spacial score (nSPS) is 15.1. The summed E-state index contributed by atoms with van der Waals surface area (Å²) in [4.78, 5) is 0. The number of rotatable bonds is 5. The Hall–Kier alpha value is -3.78. The summed E-state index contributed by atoms with van der Waals surface area (Å²) in [7, 11) is 0. The summed E-state index contributed by atoms with van der Waals surface area (Å²) in [5, 5.41) is 0. The molecule has 1 atom stereocenters. The maximum Gasteiger partial charge on any atom is 0.201 e. The van der Waals surface area contributed by atoms with Gasteiger partial charge in [0.2, 0.25) is 5.82 Å². The highest BCUT2D eigenvalue weighted by atomic mass is 19.2. The van der Waals surface area contributed by atoms with Crippen LogP contribution in [0.25, 0.3) is 22.3 Å². The molecule has 0 saturated heterocycles. The molecule has 4 rings (SSSR count). The van der Waals surface area contributed by atoms with Crippen molar-refractivity contribution in [3.63, 3.8) is 0 Å². The molecule has 3 aromatic carbocycles. The zero-order valence-corrected chi connectivity index (χ0v) is 19.3. The van der Waals surface area contributed by atoms with Gasteiger partial charge < -0.3 is 4.74 Å². The Bertz CT molecular complexity index is 1340. The fourth-order valence-corrected chi connectivity index (χ4v) is 4.05. The van der Waals surface area contributed by atoms with Crippen molar-refractivity contribution in [2.24, 2.45) is 5.92 Å². The summed E-state index contributed by atoms with van der Waals surface area (Å²) in [6.07, 6.45) is 6.53. The summed E-state index contributed by atoms with van der Waals surface area (Å²) < 4.78 is 63.4. The third-order valence-electron chi connectivity index (χ3n) is 6.08. The topological polar surface area (TPSA) is 9.23 Å². The van der Waals surface area contributed by atoms with Gasteiger partial charge in [-0.25, -0.2) is 13.2 Å². The highest BCUT2D eigenvalue weighted by Crippen LogP contribution is 2.33. The number of hydrogen-bond donors (Lipinski definition) is 0. The minimum atomic E-state index is -1.07. The van der Waals surface area contributed by atoms with Crippen LogP contribution in [0.1, 0.15) is 31.7 Å². The van der Waals surface area contributed by atoms with E-state index in [0.29, 0.717) is 17.0 Å². The molecule has 0 heterocycles. The van der Waals surface area contributed by atoms with Crippen molar-refractivity contribution >= 4 is 0 Å². The molecular weight excluding hydrogens is 452 g/mol. The Labute approximate surface area is 202 Å². The largest absolute Gasteiger partial charge is 0.491 e. The van der Waals surface area contributed by atoms with Gasteiger partial charge in [-0.2, -0.15) is 4.39 Å². The molecule has 3 aromatic rings. The van der Waals surface area contributed by atoms with E-state index in [0.717, 1.165) is 24.8 Å². The second-order valence-electron chi connectivity index (χ2n) is 8.29. The van der Waals surface area contributed by atoms with Crippen LogP contribution in [-0.4, -0.2) is 6.61 Å². The molecule has 178 valence electrons. The van der Waals surface area contributed by atoms with Crippen LogP contribution in [0.15, 0.2) is 72.8 Å². The molecule has 1 nitrogen and oxygen atoms in total. The number of allylic oxidation sites excluding steroid dienone is 3. The van der Waals surface area contributed by atoms with E-state index in [-0.39, 0.29) is 29.0 Å². The molecule has 0 spiro atoms. The van der Waals surface area contributed by atoms with Crippen molar-refractivity contribution in [2.75, 3.05) is 6.61 Å². The second kappa shape index (κ2) is 10.7. The zero-order valence-electron chi connectivity index (χ0n) is 19.3. The van der Waals surface area contributed by atoms with Crippen molar-refractivity contribution < 1.29 is 22.3 Å². The van der Waals surface area contributed by atoms with Gasteiger partial charge in [-0.05, 0) is 73.1 Å². The average Bonchev–Trinajstić information content (AvgIpc) is 2.88. The summed E-state index contributed by atoms with van der Waals surface area (Å²) >= 11 is 0. The smallest absolute Gasteiger partial charge is 0.201 e.